The maximum absolute atomic E-state index is 15.4. The second kappa shape index (κ2) is 5.30. The Morgan fingerprint density at radius 3 is 2.64 bits per heavy atom. The molecule has 1 amide bonds. The zero-order valence-corrected chi connectivity index (χ0v) is 15.2. The molecule has 28 heavy (non-hydrogen) atoms. The van der Waals surface area contributed by atoms with Gasteiger partial charge in [-0.05, 0) is 38.2 Å². The summed E-state index contributed by atoms with van der Waals surface area (Å²) in [6.45, 7) is 1.47. The number of aromatic nitrogens is 2. The summed E-state index contributed by atoms with van der Waals surface area (Å²) < 4.78 is 32.2. The van der Waals surface area contributed by atoms with E-state index in [1.807, 2.05) is 0 Å². The van der Waals surface area contributed by atoms with E-state index in [0.717, 1.165) is 25.5 Å². The van der Waals surface area contributed by atoms with E-state index in [1.54, 1.807) is 0 Å². The fourth-order valence-electron chi connectivity index (χ4n) is 4.89. The Morgan fingerprint density at radius 1 is 1.21 bits per heavy atom. The summed E-state index contributed by atoms with van der Waals surface area (Å²) in [6.07, 6.45) is 4.95. The van der Waals surface area contributed by atoms with Crippen molar-refractivity contribution in [3.63, 3.8) is 0 Å². The highest BCUT2D eigenvalue weighted by Crippen LogP contribution is 2.50. The zero-order chi connectivity index (χ0) is 19.8. The van der Waals surface area contributed by atoms with Gasteiger partial charge in [-0.15, -0.1) is 0 Å². The van der Waals surface area contributed by atoms with Crippen molar-refractivity contribution in [2.24, 2.45) is 0 Å². The van der Waals surface area contributed by atoms with E-state index >= 15 is 8.78 Å². The van der Waals surface area contributed by atoms with Gasteiger partial charge in [-0.1, -0.05) is 6.42 Å². The minimum absolute atomic E-state index is 0.0268. The number of pyridine rings is 2. The van der Waals surface area contributed by atoms with Crippen LogP contribution in [0.4, 0.5) is 26.0 Å². The molecule has 4 N–H and O–H groups in total. The predicted molar refractivity (Wildman–Crippen MR) is 98.9 cm³/mol. The number of nitrogens with two attached hydrogens (primary N) is 1. The first-order chi connectivity index (χ1) is 13.3. The number of amides is 1. The molecule has 5 rings (SSSR count). The van der Waals surface area contributed by atoms with Crippen LogP contribution in [0.3, 0.4) is 0 Å². The molecule has 2 aromatic rings. The van der Waals surface area contributed by atoms with E-state index < -0.39 is 28.6 Å². The van der Waals surface area contributed by atoms with E-state index in [0.29, 0.717) is 12.8 Å². The van der Waals surface area contributed by atoms with Crippen LogP contribution >= 0.6 is 0 Å². The standard InChI is InChI=1S/C19H19F2N5O2/c1-9-13-14(24-11-7-12(22)23-8-10(11)19(13,20)21)17(28)26-15(9)16(27)25-18(26)5-3-2-4-6-18/h7-8,24H,2-6H2,1H3,(H2,22,23)(H,25,27). The quantitative estimate of drug-likeness (QED) is 0.645. The van der Waals surface area contributed by atoms with Crippen molar-refractivity contribution in [1.82, 2.24) is 14.9 Å². The monoisotopic (exact) mass is 387 g/mol. The number of hydrogen-bond donors (Lipinski definition) is 3. The van der Waals surface area contributed by atoms with Crippen molar-refractivity contribution < 1.29 is 13.6 Å². The van der Waals surface area contributed by atoms with Gasteiger partial charge in [-0.3, -0.25) is 14.2 Å². The van der Waals surface area contributed by atoms with Gasteiger partial charge in [0.15, 0.2) is 0 Å². The molecule has 1 aliphatic carbocycles. The lowest BCUT2D eigenvalue weighted by atomic mass is 9.88. The van der Waals surface area contributed by atoms with E-state index in [4.69, 9.17) is 5.73 Å². The number of halogens is 2. The Bertz CT molecular complexity index is 1100. The number of rotatable bonds is 0. The molecule has 7 nitrogen and oxygen atoms in total. The molecule has 0 unspecified atom stereocenters. The van der Waals surface area contributed by atoms with Crippen molar-refractivity contribution in [3.8, 4) is 0 Å². The molecule has 0 aromatic carbocycles. The SMILES string of the molecule is Cc1c2c(c(=O)n3c1C(=O)NC31CCCCC1)Nc1cc(N)ncc1C2(F)F. The van der Waals surface area contributed by atoms with Crippen molar-refractivity contribution >= 4 is 23.1 Å². The van der Waals surface area contributed by atoms with E-state index in [1.165, 1.54) is 17.6 Å². The van der Waals surface area contributed by atoms with Crippen molar-refractivity contribution in [3.05, 3.63) is 45.0 Å². The van der Waals surface area contributed by atoms with Crippen LogP contribution in [0, 0.1) is 6.92 Å². The first kappa shape index (κ1) is 17.2. The average Bonchev–Trinajstić information content (AvgIpc) is 2.91. The Labute approximate surface area is 158 Å². The molecule has 2 aromatic heterocycles. The fraction of sp³-hybridized carbons (Fsp3) is 0.421. The molecule has 0 bridgehead atoms. The van der Waals surface area contributed by atoms with Crippen LogP contribution < -0.4 is 21.9 Å². The number of fused-ring (bicyclic) bond motifs is 4. The molecule has 0 radical (unpaired) electrons. The third-order valence-electron chi connectivity index (χ3n) is 6.13. The first-order valence-electron chi connectivity index (χ1n) is 9.30. The first-order valence-corrected chi connectivity index (χ1v) is 9.30. The van der Waals surface area contributed by atoms with Crippen molar-refractivity contribution in [1.29, 1.82) is 0 Å². The van der Waals surface area contributed by atoms with Gasteiger partial charge < -0.3 is 16.4 Å². The summed E-state index contributed by atoms with van der Waals surface area (Å²) in [7, 11) is 0. The smallest absolute Gasteiger partial charge is 0.304 e. The average molecular weight is 387 g/mol. The Hall–Kier alpha value is -2.97. The van der Waals surface area contributed by atoms with Crippen molar-refractivity contribution in [2.75, 3.05) is 11.1 Å². The van der Waals surface area contributed by atoms with Gasteiger partial charge in [-0.2, -0.15) is 8.78 Å². The lowest BCUT2D eigenvalue weighted by molar-refractivity contribution is 0.0415. The van der Waals surface area contributed by atoms with Crippen LogP contribution in [0.2, 0.25) is 0 Å². The summed E-state index contributed by atoms with van der Waals surface area (Å²) in [4.78, 5) is 29.9. The predicted octanol–water partition coefficient (Wildman–Crippen LogP) is 2.69. The number of nitrogens with zero attached hydrogens (tertiary/aromatic N) is 2. The van der Waals surface area contributed by atoms with Gasteiger partial charge in [-0.25, -0.2) is 4.98 Å². The number of carbonyl (C=O) groups is 1. The lowest BCUT2D eigenvalue weighted by Gasteiger charge is -2.37. The molecular weight excluding hydrogens is 368 g/mol. The maximum Gasteiger partial charge on any atom is 0.304 e. The van der Waals surface area contributed by atoms with Gasteiger partial charge >= 0.3 is 5.92 Å². The lowest BCUT2D eigenvalue weighted by Crippen LogP contribution is -2.49. The summed E-state index contributed by atoms with van der Waals surface area (Å²) in [5, 5.41) is 5.76. The Kier molecular flexibility index (Phi) is 3.25. The van der Waals surface area contributed by atoms with Crippen LogP contribution in [-0.4, -0.2) is 15.5 Å². The molecule has 2 aliphatic heterocycles. The number of hydrogen-bond acceptors (Lipinski definition) is 5. The maximum atomic E-state index is 15.4. The minimum atomic E-state index is -3.47. The summed E-state index contributed by atoms with van der Waals surface area (Å²) in [5.41, 5.74) is 3.34. The summed E-state index contributed by atoms with van der Waals surface area (Å²) in [5.74, 6) is -3.88. The van der Waals surface area contributed by atoms with E-state index in [2.05, 4.69) is 15.6 Å². The summed E-state index contributed by atoms with van der Waals surface area (Å²) in [6, 6.07) is 1.29. The van der Waals surface area contributed by atoms with Gasteiger partial charge in [0.1, 0.15) is 22.9 Å². The van der Waals surface area contributed by atoms with E-state index in [-0.39, 0.29) is 34.0 Å². The molecule has 0 saturated heterocycles. The Morgan fingerprint density at radius 2 is 1.93 bits per heavy atom. The molecule has 4 heterocycles. The molecule has 146 valence electrons. The zero-order valence-electron chi connectivity index (χ0n) is 15.2. The molecule has 1 saturated carbocycles. The number of nitrogen functional groups attached to an aromatic ring is 1. The molecule has 1 spiro atoms. The molecular formula is C19H19F2N5O2. The highest BCUT2D eigenvalue weighted by Gasteiger charge is 2.51. The number of anilines is 3. The van der Waals surface area contributed by atoms with Crippen molar-refractivity contribution in [2.45, 2.75) is 50.6 Å². The topological polar surface area (TPSA) is 102 Å². The second-order valence-electron chi connectivity index (χ2n) is 7.76. The molecule has 0 atom stereocenters. The number of alkyl halides is 2. The van der Waals surface area contributed by atoms with Gasteiger partial charge in [0.25, 0.3) is 11.5 Å². The molecule has 1 fully saturated rings. The third-order valence-corrected chi connectivity index (χ3v) is 6.13. The number of carbonyl (C=O) groups excluding carboxylic acids is 1. The largest absolute Gasteiger partial charge is 0.384 e. The molecule has 9 heteroatoms. The van der Waals surface area contributed by atoms with Crippen LogP contribution in [0.25, 0.3) is 0 Å². The van der Waals surface area contributed by atoms with Crippen LogP contribution in [0.1, 0.15) is 59.3 Å². The molecule has 3 aliphatic rings. The second-order valence-corrected chi connectivity index (χ2v) is 7.76. The van der Waals surface area contributed by atoms with Crippen LogP contribution in [-0.2, 0) is 11.6 Å². The fourth-order valence-corrected chi connectivity index (χ4v) is 4.89. The number of nitrogens with one attached hydrogen (secondary N) is 2. The normalized spacial score (nSPS) is 20.8. The Balaban J connectivity index is 1.83. The summed E-state index contributed by atoms with van der Waals surface area (Å²) >= 11 is 0. The van der Waals surface area contributed by atoms with Gasteiger partial charge in [0, 0.05) is 12.3 Å². The highest BCUT2D eigenvalue weighted by atomic mass is 19.3. The van der Waals surface area contributed by atoms with Gasteiger partial charge in [0.2, 0.25) is 0 Å². The third kappa shape index (κ3) is 1.99. The minimum Gasteiger partial charge on any atom is -0.384 e. The van der Waals surface area contributed by atoms with Crippen LogP contribution in [0.5, 0.6) is 0 Å². The van der Waals surface area contributed by atoms with Crippen LogP contribution in [0.15, 0.2) is 17.1 Å². The van der Waals surface area contributed by atoms with Gasteiger partial charge in [0.05, 0.1) is 16.8 Å². The highest BCUT2D eigenvalue weighted by molar-refractivity contribution is 5.98. The van der Waals surface area contributed by atoms with E-state index in [9.17, 15) is 9.59 Å².